The van der Waals surface area contributed by atoms with E-state index in [2.05, 4.69) is 45.9 Å². The molecule has 0 radical (unpaired) electrons. The van der Waals surface area contributed by atoms with Gasteiger partial charge in [0.2, 0.25) is 11.8 Å². The highest BCUT2D eigenvalue weighted by Crippen LogP contribution is 2.29. The zero-order valence-corrected chi connectivity index (χ0v) is 43.4. The van der Waals surface area contributed by atoms with Crippen molar-refractivity contribution in [2.75, 3.05) is 113 Å². The average Bonchev–Trinajstić information content (AvgIpc) is 4.15. The van der Waals surface area contributed by atoms with Crippen molar-refractivity contribution in [2.45, 2.75) is 38.9 Å². The van der Waals surface area contributed by atoms with Gasteiger partial charge in [-0.2, -0.15) is 0 Å². The third-order valence-corrected chi connectivity index (χ3v) is 15.7. The molecular formula is C52H63BrF2N8O6S2. The van der Waals surface area contributed by atoms with E-state index in [0.29, 0.717) is 45.0 Å². The standard InChI is InChI=1S/C26H31FN4O3S.C15H21N3O2S.C11H11BrFNO/c1-18-28-24-13-23(6-7-25(24)35-18)34-17-22(32)16-30-10-8-29(9-11-30)14-19-12-26(33)31(15-19)21-4-2-20(27)3-5-21;1-11-17-14-8-13(2-3-15(14)21-11)20-10-12(19)9-18-6-4-16-5-7-18;12-6-8-5-11(15)14(7-8)10-3-1-9(13)2-4-10/h2-7,13,19,22,32H,8-12,14-17H2,1H3;2-3,8,12,16,19H,4-7,9-10H2,1H3;1-4,8H,5-7H2/t19?,22-;12-;/m11./s1. The normalized spacial score (nSPS) is 19.9. The summed E-state index contributed by atoms with van der Waals surface area (Å²) in [6, 6.07) is 23.9. The van der Waals surface area contributed by atoms with Crippen LogP contribution in [-0.4, -0.2) is 163 Å². The lowest BCUT2D eigenvalue weighted by Crippen LogP contribution is -2.50. The second-order valence-corrected chi connectivity index (χ2v) is 21.7. The first-order chi connectivity index (χ1) is 34.3. The Hall–Kier alpha value is -4.70. The van der Waals surface area contributed by atoms with Gasteiger partial charge >= 0.3 is 0 Å². The van der Waals surface area contributed by atoms with Crippen LogP contribution in [0.25, 0.3) is 20.4 Å². The van der Waals surface area contributed by atoms with E-state index in [1.165, 1.54) is 29.0 Å². The van der Waals surface area contributed by atoms with Crippen molar-refractivity contribution in [3.8, 4) is 11.5 Å². The number of thiazole rings is 2. The SMILES string of the molecule is Cc1nc2cc(OC[C@H](O)CN3CCN(CC4CC(=O)N(c5ccc(F)cc5)C4)CC3)ccc2s1.Cc1nc2cc(OC[C@H](O)CN3CCNCC3)ccc2s1.O=C1CC(CBr)CN1c1ccc(F)cc1. The number of anilines is 2. The van der Waals surface area contributed by atoms with Crippen LogP contribution in [0.15, 0.2) is 84.9 Å². The summed E-state index contributed by atoms with van der Waals surface area (Å²) in [7, 11) is 0. The number of fused-ring (bicyclic) bond motifs is 2. The Balaban J connectivity index is 0.000000159. The number of β-amino-alcohol motifs (C(OH)–C–C–N with tert-alkyl or cyclic N) is 2. The van der Waals surface area contributed by atoms with Gasteiger partial charge in [0.05, 0.1) is 30.4 Å². The summed E-state index contributed by atoms with van der Waals surface area (Å²) in [5.41, 5.74) is 3.44. The predicted octanol–water partition coefficient (Wildman–Crippen LogP) is 6.98. The Labute approximate surface area is 430 Å². The topological polar surface area (TPSA) is 147 Å². The van der Waals surface area contributed by atoms with Crippen LogP contribution >= 0.6 is 38.6 Å². The smallest absolute Gasteiger partial charge is 0.227 e. The van der Waals surface area contributed by atoms with Crippen molar-refractivity contribution >= 4 is 82.2 Å². The van der Waals surface area contributed by atoms with Gasteiger partial charge in [0, 0.05) is 127 Å². The second-order valence-electron chi connectivity index (χ2n) is 18.6. The highest BCUT2D eigenvalue weighted by atomic mass is 79.9. The molecule has 4 aliphatic heterocycles. The van der Waals surface area contributed by atoms with E-state index in [4.69, 9.17) is 9.47 Å². The fourth-order valence-electron chi connectivity index (χ4n) is 9.25. The third-order valence-electron chi connectivity index (χ3n) is 12.9. The molecule has 0 spiro atoms. The largest absolute Gasteiger partial charge is 0.491 e. The van der Waals surface area contributed by atoms with Crippen LogP contribution in [0.1, 0.15) is 22.9 Å². The molecule has 3 N–H and O–H groups in total. The molecule has 380 valence electrons. The number of ether oxygens (including phenoxy) is 2. The number of aryl methyl sites for hydroxylation is 2. The summed E-state index contributed by atoms with van der Waals surface area (Å²) in [4.78, 5) is 43.5. The van der Waals surface area contributed by atoms with Crippen LogP contribution < -0.4 is 24.6 Å². The molecule has 0 bridgehead atoms. The summed E-state index contributed by atoms with van der Waals surface area (Å²) in [5.74, 6) is 1.79. The minimum atomic E-state index is -0.564. The molecule has 4 aliphatic rings. The fraction of sp³-hybridized carbons (Fsp3) is 0.462. The number of halogens is 3. The lowest BCUT2D eigenvalue weighted by atomic mass is 10.1. The summed E-state index contributed by atoms with van der Waals surface area (Å²) >= 11 is 6.72. The number of piperazine rings is 2. The molecule has 14 nitrogen and oxygen atoms in total. The number of alkyl halides is 1. The predicted molar refractivity (Wildman–Crippen MR) is 281 cm³/mol. The van der Waals surface area contributed by atoms with Crippen molar-refractivity contribution < 1.29 is 38.1 Å². The van der Waals surface area contributed by atoms with Crippen LogP contribution in [0, 0.1) is 37.3 Å². The van der Waals surface area contributed by atoms with Crippen molar-refractivity contribution in [3.63, 3.8) is 0 Å². The molecule has 4 fully saturated rings. The first-order valence-electron chi connectivity index (χ1n) is 24.3. The van der Waals surface area contributed by atoms with Crippen molar-refractivity contribution in [1.29, 1.82) is 0 Å². The van der Waals surface area contributed by atoms with E-state index < -0.39 is 12.2 Å². The van der Waals surface area contributed by atoms with Gasteiger partial charge in [0.15, 0.2) is 0 Å². The average molecular weight is 1080 g/mol. The zero-order valence-electron chi connectivity index (χ0n) is 40.2. The molecule has 2 aromatic heterocycles. The molecule has 4 saturated heterocycles. The number of aliphatic hydroxyl groups is 2. The van der Waals surface area contributed by atoms with Gasteiger partial charge in [-0.15, -0.1) is 22.7 Å². The van der Waals surface area contributed by atoms with Gasteiger partial charge in [-0.1, -0.05) is 15.9 Å². The first kappa shape index (κ1) is 52.6. The summed E-state index contributed by atoms with van der Waals surface area (Å²) < 4.78 is 39.7. The number of benzene rings is 4. The van der Waals surface area contributed by atoms with Gasteiger partial charge in [-0.3, -0.25) is 19.4 Å². The molecule has 0 aliphatic carbocycles. The zero-order chi connectivity index (χ0) is 49.9. The molecule has 71 heavy (non-hydrogen) atoms. The van der Waals surface area contributed by atoms with Crippen molar-refractivity contribution in [2.24, 2.45) is 11.8 Å². The Morgan fingerprint density at radius 1 is 0.648 bits per heavy atom. The molecule has 4 atom stereocenters. The first-order valence-corrected chi connectivity index (χ1v) is 27.0. The molecule has 6 heterocycles. The number of hydrogen-bond donors (Lipinski definition) is 3. The van der Waals surface area contributed by atoms with Crippen LogP contribution in [0.5, 0.6) is 11.5 Å². The number of aromatic nitrogens is 2. The maximum absolute atomic E-state index is 13.2. The maximum Gasteiger partial charge on any atom is 0.227 e. The lowest BCUT2D eigenvalue weighted by Gasteiger charge is -2.36. The van der Waals surface area contributed by atoms with Crippen LogP contribution in [0.3, 0.4) is 0 Å². The maximum atomic E-state index is 13.2. The Kier molecular flexibility index (Phi) is 18.8. The van der Waals surface area contributed by atoms with E-state index in [0.717, 1.165) is 119 Å². The van der Waals surface area contributed by atoms with E-state index in [1.54, 1.807) is 56.7 Å². The van der Waals surface area contributed by atoms with E-state index in [9.17, 15) is 28.6 Å². The number of nitrogens with one attached hydrogen (secondary N) is 1. The minimum absolute atomic E-state index is 0.104. The second kappa shape index (κ2) is 25.3. The highest BCUT2D eigenvalue weighted by Gasteiger charge is 2.33. The summed E-state index contributed by atoms with van der Waals surface area (Å²) in [6.07, 6.45) is 0.0739. The number of amides is 2. The number of aliphatic hydroxyl groups excluding tert-OH is 2. The van der Waals surface area contributed by atoms with Crippen LogP contribution in [0.4, 0.5) is 20.2 Å². The highest BCUT2D eigenvalue weighted by molar-refractivity contribution is 9.09. The molecule has 2 amide bonds. The summed E-state index contributed by atoms with van der Waals surface area (Å²) in [5, 5.41) is 26.8. The number of hydrogen-bond acceptors (Lipinski definition) is 14. The fourth-order valence-corrected chi connectivity index (χ4v) is 11.3. The molecule has 10 rings (SSSR count). The molecule has 2 unspecified atom stereocenters. The Morgan fingerprint density at radius 3 is 1.55 bits per heavy atom. The molecular weight excluding hydrogens is 1010 g/mol. The Bertz CT molecular complexity index is 2670. The van der Waals surface area contributed by atoms with E-state index in [-0.39, 0.29) is 36.0 Å². The third kappa shape index (κ3) is 15.2. The number of rotatable bonds is 15. The van der Waals surface area contributed by atoms with Gasteiger partial charge < -0.3 is 39.7 Å². The van der Waals surface area contributed by atoms with Gasteiger partial charge in [0.1, 0.15) is 48.6 Å². The molecule has 6 aromatic rings. The lowest BCUT2D eigenvalue weighted by molar-refractivity contribution is -0.118. The van der Waals surface area contributed by atoms with Crippen LogP contribution in [0.2, 0.25) is 0 Å². The molecule has 0 saturated carbocycles. The number of nitrogens with zero attached hydrogens (tertiary/aromatic N) is 7. The van der Waals surface area contributed by atoms with E-state index in [1.807, 2.05) is 50.2 Å². The van der Waals surface area contributed by atoms with Crippen LogP contribution in [-0.2, 0) is 9.59 Å². The quantitative estimate of drug-likeness (QED) is 0.0913. The van der Waals surface area contributed by atoms with Crippen molar-refractivity contribution in [1.82, 2.24) is 30.0 Å². The van der Waals surface area contributed by atoms with Gasteiger partial charge in [-0.25, -0.2) is 18.7 Å². The summed E-state index contributed by atoms with van der Waals surface area (Å²) in [6.45, 7) is 15.6. The number of carbonyl (C=O) groups is 2. The van der Waals surface area contributed by atoms with Gasteiger partial charge in [-0.05, 0) is 98.5 Å². The Morgan fingerprint density at radius 2 is 1.08 bits per heavy atom. The monoisotopic (exact) mass is 1080 g/mol. The molecule has 4 aromatic carbocycles. The molecule has 19 heteroatoms. The van der Waals surface area contributed by atoms with Gasteiger partial charge in [0.25, 0.3) is 0 Å². The van der Waals surface area contributed by atoms with E-state index >= 15 is 0 Å². The number of carbonyl (C=O) groups excluding carboxylic acids is 2. The minimum Gasteiger partial charge on any atom is -0.491 e. The van der Waals surface area contributed by atoms with Crippen molar-refractivity contribution in [3.05, 3.63) is 107 Å².